The van der Waals surface area contributed by atoms with Crippen LogP contribution in [-0.4, -0.2) is 55.5 Å². The van der Waals surface area contributed by atoms with Crippen molar-refractivity contribution in [1.82, 2.24) is 10.6 Å². The van der Waals surface area contributed by atoms with Gasteiger partial charge in [0.15, 0.2) is 0 Å². The number of ether oxygens (including phenoxy) is 2. The molecule has 2 aliphatic carbocycles. The van der Waals surface area contributed by atoms with Gasteiger partial charge in [-0.3, -0.25) is 4.79 Å². The first-order chi connectivity index (χ1) is 16.5. The second-order valence-corrected chi connectivity index (χ2v) is 8.75. The maximum atomic E-state index is 12.1. The van der Waals surface area contributed by atoms with Gasteiger partial charge in [-0.05, 0) is 34.6 Å². The van der Waals surface area contributed by atoms with E-state index in [1.54, 1.807) is 0 Å². The van der Waals surface area contributed by atoms with E-state index in [0.29, 0.717) is 12.3 Å². The predicted molar refractivity (Wildman–Crippen MR) is 125 cm³/mol. The topological polar surface area (TPSA) is 114 Å². The number of benzene rings is 2. The number of carbonyl (C=O) groups excluding carboxylic acids is 2. The Hall–Kier alpha value is -3.39. The van der Waals surface area contributed by atoms with Crippen molar-refractivity contribution in [3.05, 3.63) is 59.7 Å². The summed E-state index contributed by atoms with van der Waals surface area (Å²) in [5, 5.41) is 14.4. The van der Waals surface area contributed by atoms with Crippen LogP contribution in [-0.2, 0) is 19.1 Å². The summed E-state index contributed by atoms with van der Waals surface area (Å²) in [6, 6.07) is 15.5. The van der Waals surface area contributed by atoms with Crippen molar-refractivity contribution in [1.29, 1.82) is 0 Å². The fraction of sp³-hybridized carbons (Fsp3) is 0.423. The molecule has 34 heavy (non-hydrogen) atoms. The van der Waals surface area contributed by atoms with E-state index in [-0.39, 0.29) is 44.6 Å². The van der Waals surface area contributed by atoms with Crippen molar-refractivity contribution < 1.29 is 29.0 Å². The molecule has 1 saturated carbocycles. The molecule has 1 atom stereocenters. The molecule has 0 aliphatic heterocycles. The lowest BCUT2D eigenvalue weighted by atomic mass is 9.98. The van der Waals surface area contributed by atoms with E-state index in [9.17, 15) is 19.5 Å². The number of carboxylic acid groups (broad SMARTS) is 1. The predicted octanol–water partition coefficient (Wildman–Crippen LogP) is 3.30. The van der Waals surface area contributed by atoms with Crippen LogP contribution >= 0.6 is 0 Å². The summed E-state index contributed by atoms with van der Waals surface area (Å²) < 4.78 is 10.8. The number of carboxylic acids is 1. The quantitative estimate of drug-likeness (QED) is 0.414. The van der Waals surface area contributed by atoms with Crippen molar-refractivity contribution in [3.63, 3.8) is 0 Å². The third-order valence-electron chi connectivity index (χ3n) is 6.23. The molecule has 0 radical (unpaired) electrons. The Morgan fingerprint density at radius 2 is 1.62 bits per heavy atom. The molecular formula is C26H30N2O6. The zero-order valence-corrected chi connectivity index (χ0v) is 19.0. The Morgan fingerprint density at radius 1 is 0.971 bits per heavy atom. The van der Waals surface area contributed by atoms with Crippen molar-refractivity contribution >= 4 is 18.0 Å². The first-order valence-electron chi connectivity index (χ1n) is 11.7. The van der Waals surface area contributed by atoms with Gasteiger partial charge in [-0.25, -0.2) is 9.59 Å². The number of alkyl carbamates (subject to hydrolysis) is 1. The largest absolute Gasteiger partial charge is 0.480 e. The molecule has 1 fully saturated rings. The van der Waals surface area contributed by atoms with Gasteiger partial charge in [0.1, 0.15) is 12.6 Å². The molecule has 180 valence electrons. The lowest BCUT2D eigenvalue weighted by Gasteiger charge is -2.15. The smallest absolute Gasteiger partial charge is 0.407 e. The Labute approximate surface area is 198 Å². The number of nitrogens with one attached hydrogen (secondary N) is 2. The fourth-order valence-corrected chi connectivity index (χ4v) is 4.32. The number of rotatable bonds is 12. The van der Waals surface area contributed by atoms with E-state index in [4.69, 9.17) is 9.47 Å². The zero-order valence-electron chi connectivity index (χ0n) is 19.0. The summed E-state index contributed by atoms with van der Waals surface area (Å²) >= 11 is 0. The van der Waals surface area contributed by atoms with Gasteiger partial charge in [0.25, 0.3) is 0 Å². The van der Waals surface area contributed by atoms with Gasteiger partial charge in [0.2, 0.25) is 5.91 Å². The molecule has 2 amide bonds. The minimum atomic E-state index is -1.01. The minimum absolute atomic E-state index is 0.00227. The van der Waals surface area contributed by atoms with Gasteiger partial charge in [0.05, 0.1) is 13.2 Å². The molecule has 0 unspecified atom stereocenters. The van der Waals surface area contributed by atoms with Gasteiger partial charge in [-0.1, -0.05) is 61.4 Å². The molecule has 4 rings (SSSR count). The molecule has 2 aliphatic rings. The van der Waals surface area contributed by atoms with Crippen molar-refractivity contribution in [2.24, 2.45) is 5.92 Å². The Balaban J connectivity index is 1.11. The Bertz CT molecular complexity index is 990. The van der Waals surface area contributed by atoms with Crippen LogP contribution in [0.2, 0.25) is 0 Å². The van der Waals surface area contributed by atoms with E-state index < -0.39 is 18.1 Å². The van der Waals surface area contributed by atoms with Crippen LogP contribution in [0.3, 0.4) is 0 Å². The number of amides is 2. The summed E-state index contributed by atoms with van der Waals surface area (Å²) in [6.07, 6.45) is 2.08. The molecule has 0 saturated heterocycles. The molecule has 0 bridgehead atoms. The van der Waals surface area contributed by atoms with Crippen LogP contribution in [0.15, 0.2) is 48.5 Å². The SMILES string of the molecule is O=C(CCOCCNC(=O)OCC1c2ccccc2-c2ccccc21)N[C@@H](CC1CC1)C(=O)O. The van der Waals surface area contributed by atoms with Crippen molar-refractivity contribution in [2.75, 3.05) is 26.4 Å². The van der Waals surface area contributed by atoms with E-state index in [1.807, 2.05) is 24.3 Å². The van der Waals surface area contributed by atoms with Gasteiger partial charge < -0.3 is 25.2 Å². The first-order valence-corrected chi connectivity index (χ1v) is 11.7. The molecule has 8 heteroatoms. The molecular weight excluding hydrogens is 436 g/mol. The summed E-state index contributed by atoms with van der Waals surface area (Å²) in [6.45, 7) is 0.861. The zero-order chi connectivity index (χ0) is 23.9. The highest BCUT2D eigenvalue weighted by molar-refractivity contribution is 5.83. The lowest BCUT2D eigenvalue weighted by Crippen LogP contribution is -2.41. The van der Waals surface area contributed by atoms with Crippen LogP contribution < -0.4 is 10.6 Å². The Kier molecular flexibility index (Phi) is 7.80. The summed E-state index contributed by atoms with van der Waals surface area (Å²) in [4.78, 5) is 35.3. The second-order valence-electron chi connectivity index (χ2n) is 8.75. The van der Waals surface area contributed by atoms with E-state index in [2.05, 4.69) is 34.9 Å². The van der Waals surface area contributed by atoms with Gasteiger partial charge in [-0.2, -0.15) is 0 Å². The standard InChI is InChI=1S/C26H30N2O6/c29-24(28-23(25(30)31)15-17-9-10-17)11-13-33-14-12-27-26(32)34-16-22-20-7-3-1-5-18(20)19-6-2-4-8-21(19)22/h1-8,17,22-23H,9-16H2,(H,27,32)(H,28,29)(H,30,31)/t23-/m0/s1. The first kappa shape index (κ1) is 23.8. The second kappa shape index (κ2) is 11.2. The molecule has 2 aromatic carbocycles. The average Bonchev–Trinajstić information content (AvgIpc) is 3.60. The molecule has 0 heterocycles. The number of aliphatic carboxylic acids is 1. The van der Waals surface area contributed by atoms with Gasteiger partial charge in [0, 0.05) is 18.9 Å². The molecule has 3 N–H and O–H groups in total. The third kappa shape index (κ3) is 6.14. The summed E-state index contributed by atoms with van der Waals surface area (Å²) in [5.74, 6) is -0.949. The third-order valence-corrected chi connectivity index (χ3v) is 6.23. The Morgan fingerprint density at radius 3 is 2.24 bits per heavy atom. The molecule has 0 aromatic heterocycles. The van der Waals surface area contributed by atoms with E-state index in [0.717, 1.165) is 24.0 Å². The van der Waals surface area contributed by atoms with Crippen LogP contribution in [0.1, 0.15) is 42.7 Å². The number of hydrogen-bond acceptors (Lipinski definition) is 5. The van der Waals surface area contributed by atoms with E-state index >= 15 is 0 Å². The summed E-state index contributed by atoms with van der Waals surface area (Å²) in [7, 11) is 0. The number of carbonyl (C=O) groups is 3. The van der Waals surface area contributed by atoms with E-state index in [1.165, 1.54) is 11.1 Å². The van der Waals surface area contributed by atoms with Crippen LogP contribution in [0, 0.1) is 5.92 Å². The van der Waals surface area contributed by atoms with Crippen molar-refractivity contribution in [2.45, 2.75) is 37.6 Å². The van der Waals surface area contributed by atoms with Crippen LogP contribution in [0.5, 0.6) is 0 Å². The van der Waals surface area contributed by atoms with Gasteiger partial charge in [-0.15, -0.1) is 0 Å². The number of fused-ring (bicyclic) bond motifs is 3. The maximum absolute atomic E-state index is 12.1. The highest BCUT2D eigenvalue weighted by atomic mass is 16.5. The highest BCUT2D eigenvalue weighted by Crippen LogP contribution is 2.44. The number of hydrogen-bond donors (Lipinski definition) is 3. The maximum Gasteiger partial charge on any atom is 0.407 e. The van der Waals surface area contributed by atoms with Gasteiger partial charge >= 0.3 is 12.1 Å². The summed E-state index contributed by atoms with van der Waals surface area (Å²) in [5.41, 5.74) is 4.65. The monoisotopic (exact) mass is 466 g/mol. The lowest BCUT2D eigenvalue weighted by molar-refractivity contribution is -0.142. The normalized spacial score (nSPS) is 15.2. The highest BCUT2D eigenvalue weighted by Gasteiger charge is 2.30. The average molecular weight is 467 g/mol. The molecule has 2 aromatic rings. The van der Waals surface area contributed by atoms with Crippen LogP contribution in [0.25, 0.3) is 11.1 Å². The molecule has 0 spiro atoms. The van der Waals surface area contributed by atoms with Crippen molar-refractivity contribution in [3.8, 4) is 11.1 Å². The van der Waals surface area contributed by atoms with Crippen LogP contribution in [0.4, 0.5) is 4.79 Å². The minimum Gasteiger partial charge on any atom is -0.480 e. The fourth-order valence-electron chi connectivity index (χ4n) is 4.32. The molecule has 8 nitrogen and oxygen atoms in total.